The highest BCUT2D eigenvalue weighted by molar-refractivity contribution is 9.10. The number of non-ortho nitro benzene ring substituents is 1. The molecule has 0 aliphatic carbocycles. The molecule has 7 nitrogen and oxygen atoms in total. The van der Waals surface area contributed by atoms with Crippen LogP contribution in [0.3, 0.4) is 0 Å². The minimum absolute atomic E-state index is 0.0855. The molecular formula is C19H10BrN3O4. The van der Waals surface area contributed by atoms with Crippen molar-refractivity contribution in [1.29, 1.82) is 0 Å². The molecule has 0 spiro atoms. The third-order valence-corrected chi connectivity index (χ3v) is 4.74. The average Bonchev–Trinajstić information content (AvgIpc) is 2.66. The van der Waals surface area contributed by atoms with Gasteiger partial charge in [-0.1, -0.05) is 40.2 Å². The van der Waals surface area contributed by atoms with E-state index in [4.69, 9.17) is 0 Å². The minimum Gasteiger partial charge on any atom is -0.267 e. The molecule has 8 heteroatoms. The molecule has 0 saturated carbocycles. The van der Waals surface area contributed by atoms with Gasteiger partial charge < -0.3 is 0 Å². The molecule has 132 valence electrons. The monoisotopic (exact) mass is 423 g/mol. The van der Waals surface area contributed by atoms with Crippen molar-refractivity contribution in [2.75, 3.05) is 0 Å². The SMILES string of the molecule is O=C1c2cccc3cc([N+](=O)[O-])cc(c23)C(=O)N1/N=C\c1ccc(Br)cc1. The summed E-state index contributed by atoms with van der Waals surface area (Å²) in [4.78, 5) is 36.2. The quantitative estimate of drug-likeness (QED) is 0.273. The van der Waals surface area contributed by atoms with Crippen LogP contribution >= 0.6 is 15.9 Å². The Bertz CT molecular complexity index is 1160. The fourth-order valence-electron chi connectivity index (χ4n) is 2.96. The Morgan fingerprint density at radius 3 is 2.41 bits per heavy atom. The van der Waals surface area contributed by atoms with Crippen molar-refractivity contribution >= 4 is 50.4 Å². The largest absolute Gasteiger partial charge is 0.282 e. The second kappa shape index (κ2) is 6.40. The molecule has 0 atom stereocenters. The van der Waals surface area contributed by atoms with Crippen LogP contribution in [0.1, 0.15) is 26.3 Å². The van der Waals surface area contributed by atoms with Crippen LogP contribution in [-0.2, 0) is 0 Å². The lowest BCUT2D eigenvalue weighted by molar-refractivity contribution is -0.384. The minimum atomic E-state index is -0.694. The molecule has 1 aliphatic heterocycles. The summed E-state index contributed by atoms with van der Waals surface area (Å²) >= 11 is 3.33. The summed E-state index contributed by atoms with van der Waals surface area (Å²) in [6, 6.07) is 14.5. The van der Waals surface area contributed by atoms with Gasteiger partial charge in [-0.15, -0.1) is 0 Å². The van der Waals surface area contributed by atoms with Gasteiger partial charge in [0, 0.05) is 22.0 Å². The zero-order valence-electron chi connectivity index (χ0n) is 13.6. The Balaban J connectivity index is 1.83. The van der Waals surface area contributed by atoms with Crippen molar-refractivity contribution in [2.24, 2.45) is 5.10 Å². The first-order chi connectivity index (χ1) is 13.0. The Morgan fingerprint density at radius 1 is 1.00 bits per heavy atom. The highest BCUT2D eigenvalue weighted by Gasteiger charge is 2.34. The van der Waals surface area contributed by atoms with Crippen LogP contribution < -0.4 is 0 Å². The van der Waals surface area contributed by atoms with E-state index in [9.17, 15) is 19.7 Å². The molecule has 0 fully saturated rings. The smallest absolute Gasteiger partial charge is 0.267 e. The van der Waals surface area contributed by atoms with E-state index in [2.05, 4.69) is 21.0 Å². The van der Waals surface area contributed by atoms with Crippen LogP contribution in [0, 0.1) is 10.1 Å². The summed E-state index contributed by atoms with van der Waals surface area (Å²) < 4.78 is 0.887. The third kappa shape index (κ3) is 2.89. The molecule has 0 N–H and O–H groups in total. The molecule has 3 aromatic carbocycles. The molecule has 3 aromatic rings. The first-order valence-electron chi connectivity index (χ1n) is 7.85. The van der Waals surface area contributed by atoms with Gasteiger partial charge >= 0.3 is 0 Å². The first-order valence-corrected chi connectivity index (χ1v) is 8.64. The first kappa shape index (κ1) is 17.0. The number of nitro groups is 1. The number of nitrogens with zero attached hydrogens (tertiary/aromatic N) is 3. The lowest BCUT2D eigenvalue weighted by Crippen LogP contribution is -2.36. The van der Waals surface area contributed by atoms with E-state index in [0.717, 1.165) is 9.48 Å². The summed E-state index contributed by atoms with van der Waals surface area (Å²) in [7, 11) is 0. The number of imide groups is 1. The van der Waals surface area contributed by atoms with Gasteiger partial charge in [-0.05, 0) is 29.1 Å². The van der Waals surface area contributed by atoms with Gasteiger partial charge in [-0.3, -0.25) is 19.7 Å². The Morgan fingerprint density at radius 2 is 1.70 bits per heavy atom. The third-order valence-electron chi connectivity index (χ3n) is 4.21. The number of amides is 2. The molecule has 0 radical (unpaired) electrons. The molecule has 1 heterocycles. The fourth-order valence-corrected chi connectivity index (χ4v) is 3.23. The molecule has 4 rings (SSSR count). The molecule has 2 amide bonds. The Labute approximate surface area is 161 Å². The lowest BCUT2D eigenvalue weighted by Gasteiger charge is -2.22. The highest BCUT2D eigenvalue weighted by Crippen LogP contribution is 2.33. The van der Waals surface area contributed by atoms with Crippen molar-refractivity contribution in [2.45, 2.75) is 0 Å². The van der Waals surface area contributed by atoms with Gasteiger partial charge in [0.25, 0.3) is 17.5 Å². The van der Waals surface area contributed by atoms with Crippen LogP contribution in [-0.4, -0.2) is 28.0 Å². The number of nitro benzene ring substituents is 1. The maximum Gasteiger partial charge on any atom is 0.282 e. The van der Waals surface area contributed by atoms with Crippen molar-refractivity contribution in [1.82, 2.24) is 5.01 Å². The van der Waals surface area contributed by atoms with Gasteiger partial charge in [0.15, 0.2) is 0 Å². The summed E-state index contributed by atoms with van der Waals surface area (Å²) in [6.07, 6.45) is 1.39. The molecule has 0 bridgehead atoms. The lowest BCUT2D eigenvalue weighted by atomic mass is 9.94. The summed E-state index contributed by atoms with van der Waals surface area (Å²) in [5, 5.41) is 16.8. The molecule has 0 saturated heterocycles. The van der Waals surface area contributed by atoms with Crippen LogP contribution in [0.5, 0.6) is 0 Å². The number of halogens is 1. The van der Waals surface area contributed by atoms with Crippen molar-refractivity contribution in [3.8, 4) is 0 Å². The number of benzene rings is 3. The van der Waals surface area contributed by atoms with E-state index in [1.54, 1.807) is 42.5 Å². The highest BCUT2D eigenvalue weighted by atomic mass is 79.9. The van der Waals surface area contributed by atoms with E-state index in [-0.39, 0.29) is 16.8 Å². The molecule has 0 aromatic heterocycles. The maximum absolute atomic E-state index is 12.8. The number of carbonyl (C=O) groups is 2. The van der Waals surface area contributed by atoms with Crippen molar-refractivity contribution < 1.29 is 14.5 Å². The Kier molecular flexibility index (Phi) is 4.04. The number of rotatable bonds is 3. The van der Waals surface area contributed by atoms with Gasteiger partial charge in [-0.2, -0.15) is 10.1 Å². The zero-order valence-corrected chi connectivity index (χ0v) is 15.2. The average molecular weight is 424 g/mol. The number of hydrogen-bond donors (Lipinski definition) is 0. The summed E-state index contributed by atoms with van der Waals surface area (Å²) in [5.74, 6) is -1.26. The molecule has 27 heavy (non-hydrogen) atoms. The Hall–Kier alpha value is -3.39. The summed E-state index contributed by atoms with van der Waals surface area (Å²) in [6.45, 7) is 0. The number of carbonyl (C=O) groups excluding carboxylic acids is 2. The second-order valence-electron chi connectivity index (χ2n) is 5.87. The van der Waals surface area contributed by atoms with E-state index in [1.165, 1.54) is 18.3 Å². The van der Waals surface area contributed by atoms with Crippen LogP contribution in [0.4, 0.5) is 5.69 Å². The topological polar surface area (TPSA) is 92.9 Å². The second-order valence-corrected chi connectivity index (χ2v) is 6.79. The van der Waals surface area contributed by atoms with Crippen LogP contribution in [0.15, 0.2) is 64.2 Å². The fraction of sp³-hybridized carbons (Fsp3) is 0. The zero-order chi connectivity index (χ0) is 19.1. The van der Waals surface area contributed by atoms with Gasteiger partial charge in [0.05, 0.1) is 22.3 Å². The van der Waals surface area contributed by atoms with Crippen molar-refractivity contribution in [3.05, 3.63) is 85.9 Å². The summed E-state index contributed by atoms with van der Waals surface area (Å²) in [5.41, 5.74) is 0.850. The normalized spacial score (nSPS) is 13.6. The van der Waals surface area contributed by atoms with Gasteiger partial charge in [0.2, 0.25) is 0 Å². The molecular weight excluding hydrogens is 414 g/mol. The van der Waals surface area contributed by atoms with E-state index >= 15 is 0 Å². The maximum atomic E-state index is 12.8. The number of hydrogen-bond acceptors (Lipinski definition) is 5. The molecule has 0 unspecified atom stereocenters. The molecule has 1 aliphatic rings. The number of hydrazone groups is 1. The van der Waals surface area contributed by atoms with Crippen LogP contribution in [0.2, 0.25) is 0 Å². The van der Waals surface area contributed by atoms with Crippen LogP contribution in [0.25, 0.3) is 10.8 Å². The van der Waals surface area contributed by atoms with E-state index < -0.39 is 16.7 Å². The predicted octanol–water partition coefficient (Wildman–Crippen LogP) is 4.14. The predicted molar refractivity (Wildman–Crippen MR) is 103 cm³/mol. The van der Waals surface area contributed by atoms with Gasteiger partial charge in [-0.25, -0.2) is 0 Å². The van der Waals surface area contributed by atoms with Crippen molar-refractivity contribution in [3.63, 3.8) is 0 Å². The standard InChI is InChI=1S/C19H10BrN3O4/c20-13-6-4-11(5-7-13)10-21-22-18(24)15-3-1-2-12-8-14(23(26)27)9-16(17(12)15)19(22)25/h1-10H/b21-10-. The van der Waals surface area contributed by atoms with E-state index in [0.29, 0.717) is 16.3 Å². The van der Waals surface area contributed by atoms with Gasteiger partial charge in [0.1, 0.15) is 0 Å². The van der Waals surface area contributed by atoms with E-state index in [1.807, 2.05) is 0 Å².